The number of hydrogen-bond donors (Lipinski definition) is 0. The van der Waals surface area contributed by atoms with Crippen molar-refractivity contribution in [2.24, 2.45) is 0 Å². The average Bonchev–Trinajstić information content (AvgIpc) is 3.35. The van der Waals surface area contributed by atoms with Crippen LogP contribution in [0.1, 0.15) is 21.7 Å². The molecule has 2 heterocycles. The van der Waals surface area contributed by atoms with Crippen LogP contribution >= 0.6 is 11.3 Å². The number of aryl methyl sites for hydroxylation is 1. The van der Waals surface area contributed by atoms with Crippen molar-refractivity contribution < 1.29 is 17.6 Å². The summed E-state index contributed by atoms with van der Waals surface area (Å²) >= 11 is 1.41. The predicted octanol–water partition coefficient (Wildman–Crippen LogP) is 4.45. The molecule has 0 spiro atoms. The number of benzene rings is 2. The Balaban J connectivity index is 1.80. The summed E-state index contributed by atoms with van der Waals surface area (Å²) in [5, 5.41) is 0.528. The van der Waals surface area contributed by atoms with Crippen molar-refractivity contribution in [3.63, 3.8) is 0 Å². The largest absolute Gasteiger partial charge is 0.467 e. The van der Waals surface area contributed by atoms with Gasteiger partial charge in [-0.05, 0) is 48.9 Å². The molecule has 29 heavy (non-hydrogen) atoms. The van der Waals surface area contributed by atoms with Crippen LogP contribution in [0, 0.1) is 6.92 Å². The van der Waals surface area contributed by atoms with Crippen LogP contribution in [-0.2, 0) is 16.4 Å². The lowest BCUT2D eigenvalue weighted by Gasteiger charge is -2.19. The molecule has 2 aromatic heterocycles. The lowest BCUT2D eigenvalue weighted by molar-refractivity contribution is 0.0983. The molecule has 1 amide bonds. The minimum absolute atomic E-state index is 0.0986. The maximum Gasteiger partial charge on any atom is 0.260 e. The Morgan fingerprint density at radius 2 is 1.93 bits per heavy atom. The topological polar surface area (TPSA) is 80.5 Å². The molecule has 148 valence electrons. The van der Waals surface area contributed by atoms with Crippen LogP contribution in [0.2, 0.25) is 0 Å². The first-order chi connectivity index (χ1) is 13.8. The quantitative estimate of drug-likeness (QED) is 0.471. The monoisotopic (exact) mass is 426 g/mol. The number of sulfone groups is 1. The molecule has 0 N–H and O–H groups in total. The minimum atomic E-state index is -3.43. The van der Waals surface area contributed by atoms with Crippen molar-refractivity contribution in [3.05, 3.63) is 77.7 Å². The van der Waals surface area contributed by atoms with Gasteiger partial charge >= 0.3 is 0 Å². The maximum atomic E-state index is 13.4. The third-order valence-electron chi connectivity index (χ3n) is 4.49. The van der Waals surface area contributed by atoms with Gasteiger partial charge in [0.1, 0.15) is 5.76 Å². The van der Waals surface area contributed by atoms with E-state index in [1.165, 1.54) is 28.4 Å². The second kappa shape index (κ2) is 7.46. The van der Waals surface area contributed by atoms with Gasteiger partial charge in [-0.1, -0.05) is 29.5 Å². The van der Waals surface area contributed by atoms with Crippen LogP contribution in [0.3, 0.4) is 0 Å². The molecule has 4 rings (SSSR count). The normalized spacial score (nSPS) is 11.7. The molecule has 0 aliphatic rings. The van der Waals surface area contributed by atoms with Gasteiger partial charge in [-0.2, -0.15) is 0 Å². The second-order valence-corrected chi connectivity index (χ2v) is 9.71. The van der Waals surface area contributed by atoms with Crippen LogP contribution in [0.4, 0.5) is 5.13 Å². The van der Waals surface area contributed by atoms with Gasteiger partial charge in [-0.15, -0.1) is 0 Å². The molecule has 0 unspecified atom stereocenters. The molecule has 6 nitrogen and oxygen atoms in total. The van der Waals surface area contributed by atoms with E-state index in [1.54, 1.807) is 30.5 Å². The van der Waals surface area contributed by atoms with E-state index in [9.17, 15) is 13.2 Å². The fourth-order valence-corrected chi connectivity index (χ4v) is 4.70. The van der Waals surface area contributed by atoms with Crippen LogP contribution < -0.4 is 4.90 Å². The van der Waals surface area contributed by atoms with Crippen molar-refractivity contribution in [1.82, 2.24) is 4.98 Å². The van der Waals surface area contributed by atoms with Gasteiger partial charge in [0.05, 0.1) is 27.9 Å². The van der Waals surface area contributed by atoms with Crippen LogP contribution in [0.5, 0.6) is 0 Å². The Morgan fingerprint density at radius 3 is 2.62 bits per heavy atom. The molecule has 0 aliphatic carbocycles. The third-order valence-corrected chi connectivity index (χ3v) is 6.64. The van der Waals surface area contributed by atoms with E-state index in [2.05, 4.69) is 4.98 Å². The molecule has 2 aromatic carbocycles. The number of hydrogen-bond acceptors (Lipinski definition) is 6. The van der Waals surface area contributed by atoms with Crippen LogP contribution in [0.15, 0.2) is 70.2 Å². The van der Waals surface area contributed by atoms with Crippen LogP contribution in [0.25, 0.3) is 10.2 Å². The highest BCUT2D eigenvalue weighted by Crippen LogP contribution is 2.32. The number of amides is 1. The van der Waals surface area contributed by atoms with Gasteiger partial charge in [0.15, 0.2) is 15.0 Å². The van der Waals surface area contributed by atoms with Gasteiger partial charge in [0, 0.05) is 11.8 Å². The van der Waals surface area contributed by atoms with E-state index in [0.717, 1.165) is 22.0 Å². The number of thiazole rings is 1. The summed E-state index contributed by atoms with van der Waals surface area (Å²) in [5.41, 5.74) is 2.14. The summed E-state index contributed by atoms with van der Waals surface area (Å²) in [7, 11) is -3.43. The number of carbonyl (C=O) groups excluding carboxylic acids is 1. The van der Waals surface area contributed by atoms with E-state index >= 15 is 0 Å². The Labute approximate surface area is 172 Å². The first-order valence-electron chi connectivity index (χ1n) is 8.83. The minimum Gasteiger partial charge on any atom is -0.467 e. The fraction of sp³-hybridized carbons (Fsp3) is 0.143. The molecule has 0 radical (unpaired) electrons. The number of carbonyl (C=O) groups is 1. The molecule has 0 saturated carbocycles. The molecule has 8 heteroatoms. The maximum absolute atomic E-state index is 13.4. The average molecular weight is 427 g/mol. The van der Waals surface area contributed by atoms with Gasteiger partial charge in [-0.3, -0.25) is 9.69 Å². The van der Waals surface area contributed by atoms with Gasteiger partial charge in [-0.25, -0.2) is 13.4 Å². The number of para-hydroxylation sites is 1. The Kier molecular flexibility index (Phi) is 4.97. The van der Waals surface area contributed by atoms with Crippen molar-refractivity contribution in [2.75, 3.05) is 11.2 Å². The van der Waals surface area contributed by atoms with E-state index in [1.807, 2.05) is 25.1 Å². The molecular weight excluding hydrogens is 408 g/mol. The standard InChI is InChI=1S/C21H18N2O4S2/c1-14-6-3-10-18-19(14)22-21(28-18)23(13-16-8-5-11-27-16)20(24)15-7-4-9-17(12-15)29(2,25)26/h3-12H,13H2,1-2H3. The fourth-order valence-electron chi connectivity index (χ4n) is 2.99. The number of aromatic nitrogens is 1. The summed E-state index contributed by atoms with van der Waals surface area (Å²) in [6.45, 7) is 2.16. The van der Waals surface area contributed by atoms with Gasteiger partial charge in [0.25, 0.3) is 5.91 Å². The smallest absolute Gasteiger partial charge is 0.260 e. The Bertz CT molecular complexity index is 1290. The first kappa shape index (κ1) is 19.4. The summed E-state index contributed by atoms with van der Waals surface area (Å²) in [6, 6.07) is 15.5. The highest BCUT2D eigenvalue weighted by molar-refractivity contribution is 7.90. The first-order valence-corrected chi connectivity index (χ1v) is 11.5. The molecule has 4 aromatic rings. The molecule has 0 bridgehead atoms. The Morgan fingerprint density at radius 1 is 1.14 bits per heavy atom. The summed E-state index contributed by atoms with van der Waals surface area (Å²) in [5.74, 6) is 0.261. The third kappa shape index (κ3) is 3.94. The number of nitrogens with zero attached hydrogens (tertiary/aromatic N) is 2. The molecule has 0 atom stereocenters. The van der Waals surface area contributed by atoms with E-state index in [0.29, 0.717) is 10.9 Å². The van der Waals surface area contributed by atoms with E-state index < -0.39 is 9.84 Å². The molecule has 0 saturated heterocycles. The second-order valence-electron chi connectivity index (χ2n) is 6.69. The highest BCUT2D eigenvalue weighted by Gasteiger charge is 2.24. The zero-order valence-corrected chi connectivity index (χ0v) is 17.5. The van der Waals surface area contributed by atoms with Gasteiger partial charge < -0.3 is 4.42 Å². The van der Waals surface area contributed by atoms with Gasteiger partial charge in [0.2, 0.25) is 0 Å². The molecule has 0 aliphatic heterocycles. The lowest BCUT2D eigenvalue weighted by atomic mass is 10.2. The zero-order chi connectivity index (χ0) is 20.6. The summed E-state index contributed by atoms with van der Waals surface area (Å²) in [4.78, 5) is 19.7. The summed E-state index contributed by atoms with van der Waals surface area (Å²) in [6.07, 6.45) is 2.66. The van der Waals surface area contributed by atoms with Crippen molar-refractivity contribution in [2.45, 2.75) is 18.4 Å². The number of rotatable bonds is 5. The van der Waals surface area contributed by atoms with Crippen molar-refractivity contribution in [1.29, 1.82) is 0 Å². The molecule has 0 fully saturated rings. The van der Waals surface area contributed by atoms with Crippen LogP contribution in [-0.4, -0.2) is 25.6 Å². The van der Waals surface area contributed by atoms with E-state index in [-0.39, 0.29) is 22.9 Å². The SMILES string of the molecule is Cc1cccc2sc(N(Cc3ccco3)C(=O)c3cccc(S(C)(=O)=O)c3)nc12. The predicted molar refractivity (Wildman–Crippen MR) is 113 cm³/mol. The lowest BCUT2D eigenvalue weighted by Crippen LogP contribution is -2.30. The number of furan rings is 1. The summed E-state index contributed by atoms with van der Waals surface area (Å²) < 4.78 is 30.2. The van der Waals surface area contributed by atoms with Crippen molar-refractivity contribution >= 4 is 42.4 Å². The number of anilines is 1. The molecular formula is C21H18N2O4S2. The van der Waals surface area contributed by atoms with Crippen molar-refractivity contribution in [3.8, 4) is 0 Å². The van der Waals surface area contributed by atoms with E-state index in [4.69, 9.17) is 4.42 Å². The zero-order valence-electron chi connectivity index (χ0n) is 15.8. The number of fused-ring (bicyclic) bond motifs is 1. The Hall–Kier alpha value is -2.97. The highest BCUT2D eigenvalue weighted by atomic mass is 32.2.